The van der Waals surface area contributed by atoms with E-state index in [0.29, 0.717) is 24.3 Å². The lowest BCUT2D eigenvalue weighted by molar-refractivity contribution is -0.141. The van der Waals surface area contributed by atoms with Crippen LogP contribution in [0.5, 0.6) is 0 Å². The fourth-order valence-electron chi connectivity index (χ4n) is 4.26. The van der Waals surface area contributed by atoms with Crippen molar-refractivity contribution in [2.45, 2.75) is 31.7 Å². The molecule has 1 heterocycles. The fourth-order valence-corrected chi connectivity index (χ4v) is 4.26. The van der Waals surface area contributed by atoms with E-state index in [1.807, 2.05) is 0 Å². The van der Waals surface area contributed by atoms with E-state index >= 15 is 0 Å². The summed E-state index contributed by atoms with van der Waals surface area (Å²) in [7, 11) is 2.11. The molecule has 3 aliphatic rings. The molecule has 4 unspecified atom stereocenters. The van der Waals surface area contributed by atoms with E-state index < -0.39 is 0 Å². The van der Waals surface area contributed by atoms with Crippen LogP contribution in [0.3, 0.4) is 0 Å². The third-order valence-corrected chi connectivity index (χ3v) is 5.30. The summed E-state index contributed by atoms with van der Waals surface area (Å²) in [6.45, 7) is 3.38. The number of nitrogens with zero attached hydrogens (tertiary/aromatic N) is 2. The molecule has 1 saturated heterocycles. The van der Waals surface area contributed by atoms with Crippen LogP contribution in [0.4, 0.5) is 0 Å². The van der Waals surface area contributed by atoms with Crippen molar-refractivity contribution in [3.63, 3.8) is 0 Å². The lowest BCUT2D eigenvalue weighted by Gasteiger charge is -2.41. The Morgan fingerprint density at radius 2 is 2.11 bits per heavy atom. The largest absolute Gasteiger partial charge is 0.336 e. The molecule has 1 aliphatic heterocycles. The summed E-state index contributed by atoms with van der Waals surface area (Å²) < 4.78 is 0. The normalized spacial score (nSPS) is 40.4. The van der Waals surface area contributed by atoms with Crippen LogP contribution in [-0.4, -0.2) is 55.0 Å². The van der Waals surface area contributed by atoms with Gasteiger partial charge in [0.15, 0.2) is 0 Å². The van der Waals surface area contributed by atoms with Gasteiger partial charge in [0.1, 0.15) is 0 Å². The van der Waals surface area contributed by atoms with Gasteiger partial charge in [-0.3, -0.25) is 4.79 Å². The van der Waals surface area contributed by atoms with Crippen LogP contribution in [-0.2, 0) is 4.79 Å². The van der Waals surface area contributed by atoms with E-state index in [4.69, 9.17) is 5.73 Å². The minimum atomic E-state index is 0.232. The Morgan fingerprint density at radius 1 is 1.28 bits per heavy atom. The number of nitrogens with two attached hydrogens (primary N) is 1. The minimum absolute atomic E-state index is 0.232. The van der Waals surface area contributed by atoms with Crippen LogP contribution in [0, 0.1) is 17.8 Å². The topological polar surface area (TPSA) is 49.6 Å². The summed E-state index contributed by atoms with van der Waals surface area (Å²) in [6.07, 6.45) is 5.09. The maximum atomic E-state index is 12.7. The molecule has 0 aromatic heterocycles. The van der Waals surface area contributed by atoms with Crippen molar-refractivity contribution in [3.8, 4) is 0 Å². The highest BCUT2D eigenvalue weighted by atomic mass is 16.2. The Bertz CT molecular complexity index is 333. The van der Waals surface area contributed by atoms with Crippen LogP contribution in [0.1, 0.15) is 25.7 Å². The summed E-state index contributed by atoms with van der Waals surface area (Å²) in [5.74, 6) is 2.25. The van der Waals surface area contributed by atoms with Gasteiger partial charge in [-0.05, 0) is 38.1 Å². The summed E-state index contributed by atoms with van der Waals surface area (Å²) in [5.41, 5.74) is 5.85. The van der Waals surface area contributed by atoms with E-state index in [1.165, 1.54) is 19.3 Å². The number of piperazine rings is 1. The van der Waals surface area contributed by atoms with Crippen molar-refractivity contribution < 1.29 is 4.79 Å². The van der Waals surface area contributed by atoms with Gasteiger partial charge in [0, 0.05) is 32.1 Å². The maximum Gasteiger partial charge on any atom is 0.226 e. The number of likely N-dealkylation sites (N-methyl/N-ethyl adjacent to an activating group) is 1. The summed E-state index contributed by atoms with van der Waals surface area (Å²) in [4.78, 5) is 17.1. The molecule has 4 atom stereocenters. The Balaban J connectivity index is 1.68. The Labute approximate surface area is 109 Å². The molecule has 4 nitrogen and oxygen atoms in total. The lowest BCUT2D eigenvalue weighted by Crippen LogP contribution is -2.58. The van der Waals surface area contributed by atoms with Gasteiger partial charge in [0.2, 0.25) is 5.91 Å². The smallest absolute Gasteiger partial charge is 0.226 e. The van der Waals surface area contributed by atoms with Crippen molar-refractivity contribution in [1.29, 1.82) is 0 Å². The second-order valence-corrected chi connectivity index (χ2v) is 6.46. The zero-order chi connectivity index (χ0) is 12.7. The molecule has 3 rings (SSSR count). The number of carbonyl (C=O) groups is 1. The van der Waals surface area contributed by atoms with Gasteiger partial charge in [-0.15, -0.1) is 0 Å². The van der Waals surface area contributed by atoms with Gasteiger partial charge in [-0.2, -0.15) is 0 Å². The molecular weight excluding hydrogens is 226 g/mol. The van der Waals surface area contributed by atoms with Crippen LogP contribution < -0.4 is 5.73 Å². The fraction of sp³-hybridized carbons (Fsp3) is 0.929. The van der Waals surface area contributed by atoms with E-state index in [0.717, 1.165) is 32.0 Å². The molecule has 102 valence electrons. The van der Waals surface area contributed by atoms with Crippen LogP contribution >= 0.6 is 0 Å². The lowest BCUT2D eigenvalue weighted by atomic mass is 9.87. The predicted molar refractivity (Wildman–Crippen MR) is 71.0 cm³/mol. The molecule has 2 aliphatic carbocycles. The quantitative estimate of drug-likeness (QED) is 0.778. The zero-order valence-corrected chi connectivity index (χ0v) is 11.3. The van der Waals surface area contributed by atoms with Gasteiger partial charge in [-0.25, -0.2) is 0 Å². The number of fused-ring (bicyclic) bond motifs is 2. The highest BCUT2D eigenvalue weighted by molar-refractivity contribution is 5.80. The number of amides is 1. The van der Waals surface area contributed by atoms with Crippen molar-refractivity contribution in [2.75, 3.05) is 33.2 Å². The first-order valence-electron chi connectivity index (χ1n) is 7.38. The Kier molecular flexibility index (Phi) is 3.32. The van der Waals surface area contributed by atoms with Crippen molar-refractivity contribution in [3.05, 3.63) is 0 Å². The highest BCUT2D eigenvalue weighted by Crippen LogP contribution is 2.49. The summed E-state index contributed by atoms with van der Waals surface area (Å²) in [6, 6.07) is 0.232. The van der Waals surface area contributed by atoms with Gasteiger partial charge >= 0.3 is 0 Å². The molecule has 2 bridgehead atoms. The van der Waals surface area contributed by atoms with Gasteiger partial charge in [0.25, 0.3) is 0 Å². The Hall–Kier alpha value is -0.610. The van der Waals surface area contributed by atoms with E-state index in [2.05, 4.69) is 16.8 Å². The second-order valence-electron chi connectivity index (χ2n) is 6.46. The van der Waals surface area contributed by atoms with E-state index in [-0.39, 0.29) is 6.04 Å². The maximum absolute atomic E-state index is 12.7. The summed E-state index contributed by atoms with van der Waals surface area (Å²) >= 11 is 0. The van der Waals surface area contributed by atoms with Crippen molar-refractivity contribution >= 4 is 5.91 Å². The van der Waals surface area contributed by atoms with Crippen molar-refractivity contribution in [1.82, 2.24) is 9.80 Å². The molecule has 0 aromatic rings. The van der Waals surface area contributed by atoms with Crippen molar-refractivity contribution in [2.24, 2.45) is 23.5 Å². The molecular formula is C14H25N3O. The highest BCUT2D eigenvalue weighted by Gasteiger charge is 2.45. The standard InChI is InChI=1S/C14H25N3O/c1-16-4-5-17(12(8-15)9-16)14(18)13-7-10-2-3-11(13)6-10/h10-13H,2-9,15H2,1H3. The SMILES string of the molecule is CN1CCN(C(=O)C2CC3CCC2C3)C(CN)C1. The number of rotatable bonds is 2. The molecule has 4 heteroatoms. The first kappa shape index (κ1) is 12.4. The van der Waals surface area contributed by atoms with E-state index in [9.17, 15) is 4.79 Å². The van der Waals surface area contributed by atoms with E-state index in [1.54, 1.807) is 0 Å². The minimum Gasteiger partial charge on any atom is -0.336 e. The number of hydrogen-bond acceptors (Lipinski definition) is 3. The molecule has 1 amide bonds. The molecule has 0 spiro atoms. The predicted octanol–water partition coefficient (Wildman–Crippen LogP) is 0.524. The molecule has 2 N–H and O–H groups in total. The number of hydrogen-bond donors (Lipinski definition) is 1. The van der Waals surface area contributed by atoms with Gasteiger partial charge < -0.3 is 15.5 Å². The zero-order valence-electron chi connectivity index (χ0n) is 11.3. The molecule has 18 heavy (non-hydrogen) atoms. The Morgan fingerprint density at radius 3 is 2.72 bits per heavy atom. The molecule has 2 saturated carbocycles. The second kappa shape index (κ2) is 4.82. The van der Waals surface area contributed by atoms with Gasteiger partial charge in [0.05, 0.1) is 6.04 Å². The van der Waals surface area contributed by atoms with Gasteiger partial charge in [-0.1, -0.05) is 6.42 Å². The monoisotopic (exact) mass is 251 g/mol. The third kappa shape index (κ3) is 2.05. The molecule has 3 fully saturated rings. The molecule has 0 aromatic carbocycles. The average molecular weight is 251 g/mol. The van der Waals surface area contributed by atoms with Crippen LogP contribution in [0.15, 0.2) is 0 Å². The molecule has 0 radical (unpaired) electrons. The van der Waals surface area contributed by atoms with Crippen LogP contribution in [0.25, 0.3) is 0 Å². The summed E-state index contributed by atoms with van der Waals surface area (Å²) in [5, 5.41) is 0. The third-order valence-electron chi connectivity index (χ3n) is 5.30. The number of carbonyl (C=O) groups excluding carboxylic acids is 1. The average Bonchev–Trinajstić information content (AvgIpc) is 3.00. The first-order valence-corrected chi connectivity index (χ1v) is 7.38. The van der Waals surface area contributed by atoms with Crippen LogP contribution in [0.2, 0.25) is 0 Å². The first-order chi connectivity index (χ1) is 8.69.